The van der Waals surface area contributed by atoms with Crippen LogP contribution in [0, 0.1) is 0 Å². The topological polar surface area (TPSA) is 45.1 Å². The molecule has 0 unspecified atom stereocenters. The molecule has 216 valence electrons. The molecule has 7 aromatic rings. The molecule has 0 amide bonds. The molecule has 0 fully saturated rings. The molecule has 0 spiro atoms. The third kappa shape index (κ3) is 5.34. The molecule has 0 bridgehead atoms. The first-order valence-corrected chi connectivity index (χ1v) is 15.0. The van der Waals surface area contributed by atoms with Crippen LogP contribution in [0.3, 0.4) is 0 Å². The second-order valence-electron chi connectivity index (χ2n) is 10.1. The molecule has 4 heteroatoms. The van der Waals surface area contributed by atoms with Gasteiger partial charge in [-0.05, 0) is 90.9 Å². The zero-order valence-electron chi connectivity index (χ0n) is 25.3. The van der Waals surface area contributed by atoms with Crippen molar-refractivity contribution in [2.24, 2.45) is 0 Å². The number of aromatic nitrogens is 2. The Hall–Kier alpha value is -5.61. The number of hydrogen-bond acceptors (Lipinski definition) is 3. The fourth-order valence-electron chi connectivity index (χ4n) is 5.49. The lowest BCUT2D eigenvalue weighted by Crippen LogP contribution is -2.14. The molecule has 2 heterocycles. The van der Waals surface area contributed by atoms with E-state index in [9.17, 15) is 0 Å². The predicted molar refractivity (Wildman–Crippen MR) is 187 cm³/mol. The zero-order chi connectivity index (χ0) is 30.5. The number of rotatable bonds is 7. The highest BCUT2D eigenvalue weighted by atomic mass is 16.3. The van der Waals surface area contributed by atoms with E-state index in [0.717, 1.165) is 66.7 Å². The van der Waals surface area contributed by atoms with Gasteiger partial charge in [0.1, 0.15) is 5.52 Å². The van der Waals surface area contributed by atoms with Crippen LogP contribution < -0.4 is 4.90 Å². The zero-order valence-corrected chi connectivity index (χ0v) is 25.3. The van der Waals surface area contributed by atoms with Crippen molar-refractivity contribution >= 4 is 44.3 Å². The van der Waals surface area contributed by atoms with Crippen molar-refractivity contribution < 1.29 is 4.42 Å². The number of nitrogens with zero attached hydrogens (tertiary/aromatic N) is 2. The van der Waals surface area contributed by atoms with Gasteiger partial charge in [0, 0.05) is 38.9 Å². The average molecular weight is 574 g/mol. The van der Waals surface area contributed by atoms with E-state index in [4.69, 9.17) is 9.40 Å². The third-order valence-corrected chi connectivity index (χ3v) is 7.55. The molecule has 0 saturated carbocycles. The molecule has 4 nitrogen and oxygen atoms in total. The van der Waals surface area contributed by atoms with Gasteiger partial charge in [-0.2, -0.15) is 0 Å². The molecule has 0 aliphatic heterocycles. The molecule has 7 rings (SSSR count). The fraction of sp³-hybridized carbons (Fsp3) is 0.0750. The minimum absolute atomic E-state index is 0.627. The van der Waals surface area contributed by atoms with Crippen LogP contribution in [0.1, 0.15) is 20.8 Å². The standard InChI is InChI=1S/C38H29N3O.C2H6/c1-3-5-14-29(4-2)41(30-15-10-7-11-16-30)31-20-17-26(18-21-31)28-19-23-34-33(25-28)32-22-24-35-37(36(32)39-34)42-38(40-35)27-12-8-6-9-13-27;1-2/h3-25,39H,2H2,1H3;1-2H3/b5-3-,29-14+;. The molecular weight excluding hydrogens is 538 g/mol. The van der Waals surface area contributed by atoms with Crippen LogP contribution >= 0.6 is 0 Å². The predicted octanol–water partition coefficient (Wildman–Crippen LogP) is 11.6. The van der Waals surface area contributed by atoms with Crippen molar-refractivity contribution in [1.82, 2.24) is 9.97 Å². The first-order valence-electron chi connectivity index (χ1n) is 15.0. The highest BCUT2D eigenvalue weighted by Gasteiger charge is 2.16. The summed E-state index contributed by atoms with van der Waals surface area (Å²) >= 11 is 0. The minimum Gasteiger partial charge on any atom is -0.434 e. The summed E-state index contributed by atoms with van der Waals surface area (Å²) < 4.78 is 6.27. The fourth-order valence-corrected chi connectivity index (χ4v) is 5.49. The summed E-state index contributed by atoms with van der Waals surface area (Å²) in [5.74, 6) is 0.627. The van der Waals surface area contributed by atoms with Gasteiger partial charge in [-0.3, -0.25) is 0 Å². The lowest BCUT2D eigenvalue weighted by atomic mass is 10.0. The number of hydrogen-bond donors (Lipinski definition) is 1. The van der Waals surface area contributed by atoms with Crippen molar-refractivity contribution in [1.29, 1.82) is 0 Å². The lowest BCUT2D eigenvalue weighted by Gasteiger charge is -2.26. The highest BCUT2D eigenvalue weighted by Crippen LogP contribution is 2.37. The monoisotopic (exact) mass is 573 g/mol. The molecule has 0 atom stereocenters. The number of aromatic amines is 1. The van der Waals surface area contributed by atoms with Gasteiger partial charge in [-0.15, -0.1) is 0 Å². The van der Waals surface area contributed by atoms with E-state index in [1.54, 1.807) is 0 Å². The van der Waals surface area contributed by atoms with Gasteiger partial charge in [0.05, 0.1) is 5.52 Å². The van der Waals surface area contributed by atoms with Crippen molar-refractivity contribution in [3.05, 3.63) is 152 Å². The number of para-hydroxylation sites is 1. The molecule has 2 aromatic heterocycles. The number of allylic oxidation sites excluding steroid dienone is 4. The van der Waals surface area contributed by atoms with E-state index in [1.807, 2.05) is 81.5 Å². The quantitative estimate of drug-likeness (QED) is 0.193. The minimum atomic E-state index is 0.627. The van der Waals surface area contributed by atoms with E-state index < -0.39 is 0 Å². The Morgan fingerprint density at radius 3 is 2.14 bits per heavy atom. The second-order valence-corrected chi connectivity index (χ2v) is 10.1. The molecule has 5 aromatic carbocycles. The van der Waals surface area contributed by atoms with E-state index in [0.29, 0.717) is 5.89 Å². The number of nitrogens with one attached hydrogen (secondary N) is 1. The van der Waals surface area contributed by atoms with Gasteiger partial charge in [-0.25, -0.2) is 4.98 Å². The van der Waals surface area contributed by atoms with Crippen LogP contribution in [0.2, 0.25) is 0 Å². The van der Waals surface area contributed by atoms with Gasteiger partial charge in [0.25, 0.3) is 0 Å². The van der Waals surface area contributed by atoms with Crippen molar-refractivity contribution in [3.63, 3.8) is 0 Å². The lowest BCUT2D eigenvalue weighted by molar-refractivity contribution is 0.622. The van der Waals surface area contributed by atoms with Crippen molar-refractivity contribution in [3.8, 4) is 22.6 Å². The van der Waals surface area contributed by atoms with Crippen molar-refractivity contribution in [2.75, 3.05) is 4.90 Å². The maximum Gasteiger partial charge on any atom is 0.227 e. The molecule has 0 aliphatic rings. The normalized spacial score (nSPS) is 11.7. The first-order chi connectivity index (χ1) is 21.7. The van der Waals surface area contributed by atoms with Crippen LogP contribution in [0.25, 0.3) is 55.5 Å². The van der Waals surface area contributed by atoms with Crippen LogP contribution in [-0.4, -0.2) is 9.97 Å². The van der Waals surface area contributed by atoms with Crippen LogP contribution in [0.4, 0.5) is 11.4 Å². The summed E-state index contributed by atoms with van der Waals surface area (Å²) in [5.41, 5.74) is 10.1. The van der Waals surface area contributed by atoms with E-state index in [-0.39, 0.29) is 0 Å². The summed E-state index contributed by atoms with van der Waals surface area (Å²) in [5, 5.41) is 2.27. The summed E-state index contributed by atoms with van der Waals surface area (Å²) in [6, 6.07) is 39.8. The molecular formula is C40H35N3O. The Labute approximate surface area is 258 Å². The summed E-state index contributed by atoms with van der Waals surface area (Å²) in [7, 11) is 0. The van der Waals surface area contributed by atoms with E-state index in [2.05, 4.69) is 95.3 Å². The Kier molecular flexibility index (Phi) is 8.24. The Bertz CT molecular complexity index is 2100. The molecule has 0 aliphatic carbocycles. The molecule has 0 radical (unpaired) electrons. The van der Waals surface area contributed by atoms with E-state index >= 15 is 0 Å². The average Bonchev–Trinajstić information content (AvgIpc) is 3.70. The Morgan fingerprint density at radius 1 is 0.750 bits per heavy atom. The molecule has 1 N–H and O–H groups in total. The summed E-state index contributed by atoms with van der Waals surface area (Å²) in [4.78, 5) is 10.5. The van der Waals surface area contributed by atoms with Crippen LogP contribution in [-0.2, 0) is 0 Å². The Balaban J connectivity index is 0.00000168. The van der Waals surface area contributed by atoms with E-state index in [1.165, 1.54) is 0 Å². The van der Waals surface area contributed by atoms with Gasteiger partial charge < -0.3 is 14.3 Å². The number of H-pyrrole nitrogens is 1. The number of anilines is 2. The van der Waals surface area contributed by atoms with Gasteiger partial charge in [0.2, 0.25) is 5.89 Å². The maximum absolute atomic E-state index is 6.27. The SMILES string of the molecule is C=C/C(=C\C=C/C)N(c1ccccc1)c1ccc(-c2ccc3[nH]c4c(ccc5nc(-c6ccccc6)oc54)c3c2)cc1.CC. The van der Waals surface area contributed by atoms with Gasteiger partial charge in [0.15, 0.2) is 5.58 Å². The third-order valence-electron chi connectivity index (χ3n) is 7.55. The summed E-state index contributed by atoms with van der Waals surface area (Å²) in [6.07, 6.45) is 8.02. The molecule has 0 saturated heterocycles. The highest BCUT2D eigenvalue weighted by molar-refractivity contribution is 6.15. The largest absolute Gasteiger partial charge is 0.434 e. The van der Waals surface area contributed by atoms with Crippen LogP contribution in [0.5, 0.6) is 0 Å². The number of oxazole rings is 1. The van der Waals surface area contributed by atoms with Gasteiger partial charge >= 0.3 is 0 Å². The smallest absolute Gasteiger partial charge is 0.227 e. The van der Waals surface area contributed by atoms with Crippen molar-refractivity contribution in [2.45, 2.75) is 20.8 Å². The first kappa shape index (κ1) is 28.5. The number of benzene rings is 5. The Morgan fingerprint density at radius 2 is 1.43 bits per heavy atom. The summed E-state index contributed by atoms with van der Waals surface area (Å²) in [6.45, 7) is 10.1. The van der Waals surface area contributed by atoms with Crippen LogP contribution in [0.15, 0.2) is 156 Å². The number of fused-ring (bicyclic) bond motifs is 5. The molecule has 44 heavy (non-hydrogen) atoms. The van der Waals surface area contributed by atoms with Gasteiger partial charge in [-0.1, -0.05) is 87.2 Å². The maximum atomic E-state index is 6.27. The second kappa shape index (κ2) is 12.7.